The average molecular weight is 239 g/mol. The topological polar surface area (TPSA) is 38.3 Å². The van der Waals surface area contributed by atoms with E-state index >= 15 is 0 Å². The maximum absolute atomic E-state index is 11.7. The third kappa shape index (κ3) is 3.06. The van der Waals surface area contributed by atoms with E-state index in [1.807, 2.05) is 24.4 Å². The Balaban J connectivity index is 1.78. The van der Waals surface area contributed by atoms with Crippen molar-refractivity contribution in [2.24, 2.45) is 0 Å². The number of amides is 1. The molecule has 4 heteroatoms. The van der Waals surface area contributed by atoms with Gasteiger partial charge in [-0.05, 0) is 31.2 Å². The fraction of sp³-hybridized carbons (Fsp3) is 0.583. The normalized spacial score (nSPS) is 21.9. The van der Waals surface area contributed by atoms with Crippen molar-refractivity contribution in [3.05, 3.63) is 22.4 Å². The zero-order valence-electron chi connectivity index (χ0n) is 9.44. The lowest BCUT2D eigenvalue weighted by Gasteiger charge is -2.19. The van der Waals surface area contributed by atoms with Gasteiger partial charge in [0.05, 0.1) is 18.6 Å². The molecule has 0 aromatic carbocycles. The minimum atomic E-state index is 0.0884. The SMILES string of the molecule is CC(NC(=O)Cc1cccs1)C1CCCO1. The van der Waals surface area contributed by atoms with Gasteiger partial charge in [0.2, 0.25) is 5.91 Å². The van der Waals surface area contributed by atoms with Crippen LogP contribution < -0.4 is 5.32 Å². The Hall–Kier alpha value is -0.870. The molecule has 2 atom stereocenters. The van der Waals surface area contributed by atoms with Crippen molar-refractivity contribution >= 4 is 17.2 Å². The van der Waals surface area contributed by atoms with Gasteiger partial charge in [0.15, 0.2) is 0 Å². The quantitative estimate of drug-likeness (QED) is 0.872. The summed E-state index contributed by atoms with van der Waals surface area (Å²) in [5.41, 5.74) is 0. The van der Waals surface area contributed by atoms with E-state index in [-0.39, 0.29) is 18.1 Å². The van der Waals surface area contributed by atoms with E-state index in [1.54, 1.807) is 11.3 Å². The number of nitrogens with one attached hydrogen (secondary N) is 1. The minimum Gasteiger partial charge on any atom is -0.376 e. The molecule has 88 valence electrons. The maximum Gasteiger partial charge on any atom is 0.225 e. The summed E-state index contributed by atoms with van der Waals surface area (Å²) in [6, 6.07) is 4.08. The Morgan fingerprint density at radius 2 is 2.62 bits per heavy atom. The molecule has 2 rings (SSSR count). The van der Waals surface area contributed by atoms with Gasteiger partial charge in [-0.1, -0.05) is 6.07 Å². The molecular weight excluding hydrogens is 222 g/mol. The van der Waals surface area contributed by atoms with Crippen molar-refractivity contribution in [3.8, 4) is 0 Å². The lowest BCUT2D eigenvalue weighted by atomic mass is 10.1. The van der Waals surface area contributed by atoms with Crippen LogP contribution in [0.25, 0.3) is 0 Å². The molecule has 1 fully saturated rings. The molecule has 16 heavy (non-hydrogen) atoms. The van der Waals surface area contributed by atoms with Crippen LogP contribution >= 0.6 is 11.3 Å². The number of carbonyl (C=O) groups excluding carboxylic acids is 1. The van der Waals surface area contributed by atoms with Gasteiger partial charge in [-0.25, -0.2) is 0 Å². The standard InChI is InChI=1S/C12H17NO2S/c1-9(11-5-2-6-15-11)13-12(14)8-10-4-3-7-16-10/h3-4,7,9,11H,2,5-6,8H2,1H3,(H,13,14). The van der Waals surface area contributed by atoms with E-state index in [4.69, 9.17) is 4.74 Å². The molecule has 1 aromatic rings. The molecule has 3 nitrogen and oxygen atoms in total. The Kier molecular flexibility index (Phi) is 3.96. The molecule has 1 aromatic heterocycles. The van der Waals surface area contributed by atoms with E-state index < -0.39 is 0 Å². The van der Waals surface area contributed by atoms with E-state index in [2.05, 4.69) is 5.32 Å². The Morgan fingerprint density at radius 3 is 3.25 bits per heavy atom. The summed E-state index contributed by atoms with van der Waals surface area (Å²) >= 11 is 1.62. The molecule has 2 unspecified atom stereocenters. The summed E-state index contributed by atoms with van der Waals surface area (Å²) in [5.74, 6) is 0.0884. The van der Waals surface area contributed by atoms with Crippen molar-refractivity contribution in [2.45, 2.75) is 38.3 Å². The molecule has 1 amide bonds. The number of hydrogen-bond donors (Lipinski definition) is 1. The van der Waals surface area contributed by atoms with Gasteiger partial charge in [0, 0.05) is 11.5 Å². The molecule has 0 saturated carbocycles. The smallest absolute Gasteiger partial charge is 0.225 e. The third-order valence-corrected chi connectivity index (χ3v) is 3.70. The lowest BCUT2D eigenvalue weighted by molar-refractivity contribution is -0.121. The predicted molar refractivity (Wildman–Crippen MR) is 64.6 cm³/mol. The number of hydrogen-bond acceptors (Lipinski definition) is 3. The van der Waals surface area contributed by atoms with Crippen molar-refractivity contribution in [1.82, 2.24) is 5.32 Å². The van der Waals surface area contributed by atoms with Crippen LogP contribution in [-0.4, -0.2) is 24.7 Å². The molecule has 1 saturated heterocycles. The molecule has 1 aliphatic rings. The molecular formula is C12H17NO2S. The van der Waals surface area contributed by atoms with Gasteiger partial charge >= 0.3 is 0 Å². The van der Waals surface area contributed by atoms with E-state index in [9.17, 15) is 4.79 Å². The van der Waals surface area contributed by atoms with Crippen LogP contribution in [0.4, 0.5) is 0 Å². The van der Waals surface area contributed by atoms with Crippen LogP contribution in [0.2, 0.25) is 0 Å². The van der Waals surface area contributed by atoms with Crippen LogP contribution in [-0.2, 0) is 16.0 Å². The Morgan fingerprint density at radius 1 is 1.75 bits per heavy atom. The third-order valence-electron chi connectivity index (χ3n) is 2.83. The van der Waals surface area contributed by atoms with Crippen LogP contribution in [0, 0.1) is 0 Å². The highest BCUT2D eigenvalue weighted by molar-refractivity contribution is 7.10. The average Bonchev–Trinajstić information content (AvgIpc) is 2.88. The number of carbonyl (C=O) groups is 1. The second-order valence-electron chi connectivity index (χ2n) is 4.16. The maximum atomic E-state index is 11.7. The van der Waals surface area contributed by atoms with Crippen LogP contribution in [0.15, 0.2) is 17.5 Å². The van der Waals surface area contributed by atoms with E-state index in [0.29, 0.717) is 6.42 Å². The summed E-state index contributed by atoms with van der Waals surface area (Å²) in [5, 5.41) is 5.00. The molecule has 1 N–H and O–H groups in total. The summed E-state index contributed by atoms with van der Waals surface area (Å²) in [4.78, 5) is 12.8. The van der Waals surface area contributed by atoms with Gasteiger partial charge in [0.25, 0.3) is 0 Å². The fourth-order valence-corrected chi connectivity index (χ4v) is 2.67. The Bertz CT molecular complexity index is 331. The van der Waals surface area contributed by atoms with Crippen molar-refractivity contribution in [2.75, 3.05) is 6.61 Å². The molecule has 2 heterocycles. The monoisotopic (exact) mass is 239 g/mol. The van der Waals surface area contributed by atoms with Crippen LogP contribution in [0.3, 0.4) is 0 Å². The molecule has 1 aliphatic heterocycles. The fourth-order valence-electron chi connectivity index (χ4n) is 1.97. The first-order valence-electron chi connectivity index (χ1n) is 5.69. The highest BCUT2D eigenvalue weighted by atomic mass is 32.1. The summed E-state index contributed by atoms with van der Waals surface area (Å²) in [6.45, 7) is 2.85. The molecule has 0 spiro atoms. The van der Waals surface area contributed by atoms with Gasteiger partial charge in [-0.15, -0.1) is 11.3 Å². The van der Waals surface area contributed by atoms with Crippen molar-refractivity contribution in [3.63, 3.8) is 0 Å². The van der Waals surface area contributed by atoms with E-state index in [1.165, 1.54) is 0 Å². The highest BCUT2D eigenvalue weighted by Gasteiger charge is 2.23. The zero-order chi connectivity index (χ0) is 11.4. The van der Waals surface area contributed by atoms with Gasteiger partial charge < -0.3 is 10.1 Å². The predicted octanol–water partition coefficient (Wildman–Crippen LogP) is 1.97. The summed E-state index contributed by atoms with van der Waals surface area (Å²) in [7, 11) is 0. The van der Waals surface area contributed by atoms with Crippen molar-refractivity contribution < 1.29 is 9.53 Å². The minimum absolute atomic E-state index is 0.0884. The second-order valence-corrected chi connectivity index (χ2v) is 5.20. The molecule has 0 radical (unpaired) electrons. The van der Waals surface area contributed by atoms with Gasteiger partial charge in [-0.3, -0.25) is 4.79 Å². The van der Waals surface area contributed by atoms with E-state index in [0.717, 1.165) is 24.3 Å². The first-order chi connectivity index (χ1) is 7.75. The van der Waals surface area contributed by atoms with Crippen LogP contribution in [0.5, 0.6) is 0 Å². The molecule has 0 bridgehead atoms. The van der Waals surface area contributed by atoms with Crippen LogP contribution in [0.1, 0.15) is 24.6 Å². The number of ether oxygens (including phenoxy) is 1. The first-order valence-corrected chi connectivity index (χ1v) is 6.57. The Labute approximate surface area is 99.8 Å². The summed E-state index contributed by atoms with van der Waals surface area (Å²) < 4.78 is 5.54. The van der Waals surface area contributed by atoms with Crippen molar-refractivity contribution in [1.29, 1.82) is 0 Å². The highest BCUT2D eigenvalue weighted by Crippen LogP contribution is 2.15. The largest absolute Gasteiger partial charge is 0.376 e. The lowest BCUT2D eigenvalue weighted by Crippen LogP contribution is -2.41. The second kappa shape index (κ2) is 5.46. The summed E-state index contributed by atoms with van der Waals surface area (Å²) in [6.07, 6.45) is 2.85. The molecule has 0 aliphatic carbocycles. The number of thiophene rings is 1. The first kappa shape index (κ1) is 11.6. The zero-order valence-corrected chi connectivity index (χ0v) is 10.3. The van der Waals surface area contributed by atoms with Gasteiger partial charge in [-0.2, -0.15) is 0 Å². The number of rotatable bonds is 4. The van der Waals surface area contributed by atoms with Gasteiger partial charge in [0.1, 0.15) is 0 Å².